The molecule has 14 heavy (non-hydrogen) atoms. The van der Waals surface area contributed by atoms with E-state index in [1.54, 1.807) is 7.11 Å². The first-order valence-electron chi connectivity index (χ1n) is 4.24. The van der Waals surface area contributed by atoms with Crippen LogP contribution in [0, 0.1) is 6.92 Å². The lowest BCUT2D eigenvalue weighted by molar-refractivity contribution is 0.112. The predicted molar refractivity (Wildman–Crippen MR) is 52.8 cm³/mol. The minimum Gasteiger partial charge on any atom is -0.496 e. The lowest BCUT2D eigenvalue weighted by Gasteiger charge is -2.03. The fourth-order valence-electron chi connectivity index (χ4n) is 1.48. The number of carbonyl (C=O) groups is 1. The third-order valence-corrected chi connectivity index (χ3v) is 2.22. The van der Waals surface area contributed by atoms with E-state index in [1.807, 2.05) is 19.1 Å². The normalized spacial score (nSPS) is 10.4. The molecular weight excluding hydrogens is 180 g/mol. The van der Waals surface area contributed by atoms with Crippen LogP contribution in [-0.4, -0.2) is 23.6 Å². The molecule has 2 aromatic rings. The number of rotatable bonds is 2. The fraction of sp³-hybridized carbons (Fsp3) is 0.200. The number of aryl methyl sites for hydroxylation is 1. The summed E-state index contributed by atoms with van der Waals surface area (Å²) in [7, 11) is 1.61. The second-order valence-corrected chi connectivity index (χ2v) is 3.09. The summed E-state index contributed by atoms with van der Waals surface area (Å²) < 4.78 is 5.15. The van der Waals surface area contributed by atoms with Gasteiger partial charge in [0.25, 0.3) is 0 Å². The molecule has 1 N–H and O–H groups in total. The maximum atomic E-state index is 10.6. The number of hydrogen-bond acceptors (Lipinski definition) is 3. The number of aldehydes is 1. The fourth-order valence-corrected chi connectivity index (χ4v) is 1.48. The molecule has 72 valence electrons. The van der Waals surface area contributed by atoms with E-state index in [2.05, 4.69) is 10.2 Å². The van der Waals surface area contributed by atoms with Gasteiger partial charge < -0.3 is 4.74 Å². The maximum absolute atomic E-state index is 10.6. The van der Waals surface area contributed by atoms with Crippen molar-refractivity contribution in [2.24, 2.45) is 0 Å². The number of methoxy groups -OCH3 is 1. The first kappa shape index (κ1) is 8.74. The average Bonchev–Trinajstić information content (AvgIpc) is 2.58. The summed E-state index contributed by atoms with van der Waals surface area (Å²) in [5, 5.41) is 7.50. The smallest absolute Gasteiger partial charge is 0.168 e. The van der Waals surface area contributed by atoms with E-state index < -0.39 is 0 Å². The quantitative estimate of drug-likeness (QED) is 0.733. The van der Waals surface area contributed by atoms with Crippen LogP contribution in [0.15, 0.2) is 12.1 Å². The minimum atomic E-state index is 0.505. The van der Waals surface area contributed by atoms with Crippen LogP contribution in [0.1, 0.15) is 16.1 Å². The number of fused-ring (bicyclic) bond motifs is 1. The number of nitrogens with zero attached hydrogens (tertiary/aromatic N) is 1. The Morgan fingerprint density at radius 3 is 2.93 bits per heavy atom. The molecule has 0 aliphatic carbocycles. The van der Waals surface area contributed by atoms with Crippen molar-refractivity contribution in [2.75, 3.05) is 7.11 Å². The molecule has 1 aromatic heterocycles. The molecule has 0 saturated heterocycles. The molecule has 0 spiro atoms. The van der Waals surface area contributed by atoms with Crippen molar-refractivity contribution in [1.29, 1.82) is 0 Å². The van der Waals surface area contributed by atoms with Crippen molar-refractivity contribution < 1.29 is 9.53 Å². The number of H-pyrrole nitrogens is 1. The van der Waals surface area contributed by atoms with Gasteiger partial charge in [-0.25, -0.2) is 0 Å². The zero-order chi connectivity index (χ0) is 10.1. The van der Waals surface area contributed by atoms with Gasteiger partial charge in [-0.15, -0.1) is 0 Å². The molecule has 0 radical (unpaired) electrons. The summed E-state index contributed by atoms with van der Waals surface area (Å²) in [5.41, 5.74) is 2.24. The zero-order valence-electron chi connectivity index (χ0n) is 8.00. The van der Waals surface area contributed by atoms with Gasteiger partial charge in [0.05, 0.1) is 12.6 Å². The number of carbonyl (C=O) groups excluding carboxylic acids is 1. The van der Waals surface area contributed by atoms with Crippen LogP contribution in [0.4, 0.5) is 0 Å². The zero-order valence-corrected chi connectivity index (χ0v) is 8.00. The largest absolute Gasteiger partial charge is 0.496 e. The van der Waals surface area contributed by atoms with Gasteiger partial charge in [-0.2, -0.15) is 5.10 Å². The lowest BCUT2D eigenvalue weighted by atomic mass is 10.1. The summed E-state index contributed by atoms with van der Waals surface area (Å²) >= 11 is 0. The van der Waals surface area contributed by atoms with Crippen molar-refractivity contribution in [1.82, 2.24) is 10.2 Å². The van der Waals surface area contributed by atoms with Gasteiger partial charge in [0.15, 0.2) is 6.29 Å². The van der Waals surface area contributed by atoms with E-state index >= 15 is 0 Å². The first-order valence-corrected chi connectivity index (χ1v) is 4.24. The highest BCUT2D eigenvalue weighted by Crippen LogP contribution is 2.25. The third-order valence-electron chi connectivity index (χ3n) is 2.22. The maximum Gasteiger partial charge on any atom is 0.168 e. The molecule has 1 aromatic carbocycles. The van der Waals surface area contributed by atoms with Gasteiger partial charge in [-0.05, 0) is 18.6 Å². The molecule has 0 atom stereocenters. The van der Waals surface area contributed by atoms with Crippen LogP contribution in [0.3, 0.4) is 0 Å². The molecular formula is C10H10N2O2. The Hall–Kier alpha value is -1.84. The molecule has 0 aliphatic rings. The summed E-state index contributed by atoms with van der Waals surface area (Å²) in [6, 6.07) is 3.70. The summed E-state index contributed by atoms with van der Waals surface area (Å²) in [6.07, 6.45) is 0.765. The van der Waals surface area contributed by atoms with Crippen LogP contribution in [0.5, 0.6) is 5.75 Å². The average molecular weight is 190 g/mol. The Morgan fingerprint density at radius 1 is 1.50 bits per heavy atom. The van der Waals surface area contributed by atoms with Gasteiger partial charge in [0.2, 0.25) is 0 Å². The van der Waals surface area contributed by atoms with E-state index in [1.165, 1.54) is 0 Å². The number of aromatic amines is 1. The molecule has 4 nitrogen and oxygen atoms in total. The Labute approximate surface area is 80.9 Å². The number of aromatic nitrogens is 2. The van der Waals surface area contributed by atoms with Crippen molar-refractivity contribution in [3.05, 3.63) is 23.4 Å². The Kier molecular flexibility index (Phi) is 1.96. The van der Waals surface area contributed by atoms with E-state index in [0.29, 0.717) is 5.69 Å². The molecule has 0 amide bonds. The Bertz CT molecular complexity index is 488. The topological polar surface area (TPSA) is 55.0 Å². The second-order valence-electron chi connectivity index (χ2n) is 3.09. The van der Waals surface area contributed by atoms with E-state index in [0.717, 1.165) is 28.5 Å². The van der Waals surface area contributed by atoms with Crippen LogP contribution >= 0.6 is 0 Å². The van der Waals surface area contributed by atoms with E-state index in [-0.39, 0.29) is 0 Å². The van der Waals surface area contributed by atoms with Gasteiger partial charge in [0, 0.05) is 11.5 Å². The molecule has 0 saturated carbocycles. The summed E-state index contributed by atoms with van der Waals surface area (Å²) in [4.78, 5) is 10.6. The standard InChI is InChI=1S/C10H10N2O2/c1-6-3-7-8(4-10(6)14-2)11-12-9(7)5-13/h3-5H,1-2H3,(H,11,12). The van der Waals surface area contributed by atoms with Crippen LogP contribution < -0.4 is 4.74 Å². The number of benzene rings is 1. The summed E-state index contributed by atoms with van der Waals surface area (Å²) in [5.74, 6) is 0.779. The SMILES string of the molecule is COc1cc2n[nH]c(C=O)c2cc1C. The van der Waals surface area contributed by atoms with Crippen molar-refractivity contribution >= 4 is 17.2 Å². The van der Waals surface area contributed by atoms with Gasteiger partial charge in [-0.1, -0.05) is 0 Å². The Morgan fingerprint density at radius 2 is 2.29 bits per heavy atom. The third kappa shape index (κ3) is 1.16. The molecule has 1 heterocycles. The minimum absolute atomic E-state index is 0.505. The summed E-state index contributed by atoms with van der Waals surface area (Å²) in [6.45, 7) is 1.93. The molecule has 0 aliphatic heterocycles. The highest BCUT2D eigenvalue weighted by atomic mass is 16.5. The predicted octanol–water partition coefficient (Wildman–Crippen LogP) is 1.69. The van der Waals surface area contributed by atoms with E-state index in [9.17, 15) is 4.79 Å². The van der Waals surface area contributed by atoms with Crippen LogP contribution in [-0.2, 0) is 0 Å². The van der Waals surface area contributed by atoms with Gasteiger partial charge >= 0.3 is 0 Å². The van der Waals surface area contributed by atoms with Crippen molar-refractivity contribution in [2.45, 2.75) is 6.92 Å². The van der Waals surface area contributed by atoms with Crippen LogP contribution in [0.25, 0.3) is 10.9 Å². The van der Waals surface area contributed by atoms with E-state index in [4.69, 9.17) is 4.74 Å². The van der Waals surface area contributed by atoms with Crippen molar-refractivity contribution in [3.8, 4) is 5.75 Å². The molecule has 0 bridgehead atoms. The lowest BCUT2D eigenvalue weighted by Crippen LogP contribution is -1.87. The molecule has 2 rings (SSSR count). The number of nitrogens with one attached hydrogen (secondary N) is 1. The first-order chi connectivity index (χ1) is 6.76. The molecule has 0 fully saturated rings. The van der Waals surface area contributed by atoms with Gasteiger partial charge in [0.1, 0.15) is 11.4 Å². The number of ether oxygens (including phenoxy) is 1. The molecule has 4 heteroatoms. The second kappa shape index (κ2) is 3.14. The highest BCUT2D eigenvalue weighted by molar-refractivity contribution is 5.95. The molecule has 0 unspecified atom stereocenters. The van der Waals surface area contributed by atoms with Crippen molar-refractivity contribution in [3.63, 3.8) is 0 Å². The van der Waals surface area contributed by atoms with Crippen LogP contribution in [0.2, 0.25) is 0 Å². The number of hydrogen-bond donors (Lipinski definition) is 1. The Balaban J connectivity index is 2.75. The highest BCUT2D eigenvalue weighted by Gasteiger charge is 2.07. The van der Waals surface area contributed by atoms with Gasteiger partial charge in [-0.3, -0.25) is 9.89 Å². The monoisotopic (exact) mass is 190 g/mol.